The van der Waals surface area contributed by atoms with E-state index in [1.165, 1.54) is 0 Å². The molecule has 0 aliphatic heterocycles. The Morgan fingerprint density at radius 2 is 2.18 bits per heavy atom. The van der Waals surface area contributed by atoms with Gasteiger partial charge in [-0.05, 0) is 31.0 Å². The van der Waals surface area contributed by atoms with Crippen LogP contribution in [0.3, 0.4) is 0 Å². The van der Waals surface area contributed by atoms with Crippen molar-refractivity contribution in [2.45, 2.75) is 20.3 Å². The largest absolute Gasteiger partial charge is 0.493 e. The average molecular weight is 236 g/mol. The van der Waals surface area contributed by atoms with Gasteiger partial charge in [-0.2, -0.15) is 0 Å². The van der Waals surface area contributed by atoms with Crippen LogP contribution >= 0.6 is 0 Å². The van der Waals surface area contributed by atoms with Gasteiger partial charge < -0.3 is 15.8 Å². The molecule has 0 unspecified atom stereocenters. The summed E-state index contributed by atoms with van der Waals surface area (Å²) in [6.07, 6.45) is 0.355. The summed E-state index contributed by atoms with van der Waals surface area (Å²) in [4.78, 5) is 11.3. The molecule has 0 radical (unpaired) electrons. The standard InChI is InChI=1S/C13H20N2O2/c1-10-3-4-11(2)12(9-10)17-8-5-13(16)15-7-6-14/h3-4,9H,5-8,14H2,1-2H3,(H,15,16). The molecule has 0 spiro atoms. The molecule has 0 fully saturated rings. The van der Waals surface area contributed by atoms with Gasteiger partial charge in [0.15, 0.2) is 0 Å². The van der Waals surface area contributed by atoms with E-state index in [1.54, 1.807) is 0 Å². The molecule has 0 heterocycles. The van der Waals surface area contributed by atoms with Gasteiger partial charge in [-0.1, -0.05) is 12.1 Å². The molecule has 0 bridgehead atoms. The zero-order chi connectivity index (χ0) is 12.7. The summed E-state index contributed by atoms with van der Waals surface area (Å²) in [5.74, 6) is 0.817. The summed E-state index contributed by atoms with van der Waals surface area (Å²) in [7, 11) is 0. The third-order valence-corrected chi connectivity index (χ3v) is 2.40. The van der Waals surface area contributed by atoms with Crippen LogP contribution < -0.4 is 15.8 Å². The number of ether oxygens (including phenoxy) is 1. The lowest BCUT2D eigenvalue weighted by Crippen LogP contribution is -2.29. The van der Waals surface area contributed by atoms with Gasteiger partial charge in [-0.3, -0.25) is 4.79 Å². The minimum absolute atomic E-state index is 0.0271. The molecule has 0 atom stereocenters. The fraction of sp³-hybridized carbons (Fsp3) is 0.462. The molecule has 1 rings (SSSR count). The topological polar surface area (TPSA) is 64.3 Å². The summed E-state index contributed by atoms with van der Waals surface area (Å²) < 4.78 is 5.58. The van der Waals surface area contributed by atoms with E-state index in [2.05, 4.69) is 5.32 Å². The third kappa shape index (κ3) is 4.87. The SMILES string of the molecule is Cc1ccc(C)c(OCCC(=O)NCCN)c1. The number of hydrogen-bond acceptors (Lipinski definition) is 3. The maximum absolute atomic E-state index is 11.3. The quantitative estimate of drug-likeness (QED) is 0.778. The Morgan fingerprint density at radius 1 is 1.41 bits per heavy atom. The minimum Gasteiger partial charge on any atom is -0.493 e. The summed E-state index contributed by atoms with van der Waals surface area (Å²) in [6.45, 7) is 5.37. The minimum atomic E-state index is -0.0271. The van der Waals surface area contributed by atoms with Crippen molar-refractivity contribution in [3.05, 3.63) is 29.3 Å². The van der Waals surface area contributed by atoms with Crippen LogP contribution in [0.25, 0.3) is 0 Å². The summed E-state index contributed by atoms with van der Waals surface area (Å²) in [5.41, 5.74) is 7.52. The smallest absolute Gasteiger partial charge is 0.223 e. The Hall–Kier alpha value is -1.55. The van der Waals surface area contributed by atoms with E-state index in [1.807, 2.05) is 32.0 Å². The summed E-state index contributed by atoms with van der Waals surface area (Å²) in [6, 6.07) is 6.03. The van der Waals surface area contributed by atoms with Crippen LogP contribution in [0.2, 0.25) is 0 Å². The average Bonchev–Trinajstić information content (AvgIpc) is 2.31. The van der Waals surface area contributed by atoms with Crippen molar-refractivity contribution in [1.29, 1.82) is 0 Å². The zero-order valence-corrected chi connectivity index (χ0v) is 10.5. The fourth-order valence-electron chi connectivity index (χ4n) is 1.42. The second-order valence-electron chi connectivity index (χ2n) is 4.01. The van der Waals surface area contributed by atoms with Crippen molar-refractivity contribution in [3.8, 4) is 5.75 Å². The normalized spacial score (nSPS) is 10.1. The lowest BCUT2D eigenvalue weighted by atomic mass is 10.1. The first-order valence-corrected chi connectivity index (χ1v) is 5.80. The van der Waals surface area contributed by atoms with E-state index in [9.17, 15) is 4.79 Å². The molecule has 0 saturated carbocycles. The number of amides is 1. The van der Waals surface area contributed by atoms with Gasteiger partial charge in [0.1, 0.15) is 5.75 Å². The molecule has 0 saturated heterocycles. The first-order valence-electron chi connectivity index (χ1n) is 5.80. The lowest BCUT2D eigenvalue weighted by Gasteiger charge is -2.09. The van der Waals surface area contributed by atoms with E-state index >= 15 is 0 Å². The number of carbonyl (C=O) groups excluding carboxylic acids is 1. The molecule has 1 aromatic carbocycles. The Bertz CT molecular complexity index is 378. The van der Waals surface area contributed by atoms with Crippen LogP contribution in [-0.2, 0) is 4.79 Å². The first-order chi connectivity index (χ1) is 8.13. The van der Waals surface area contributed by atoms with E-state index in [0.29, 0.717) is 26.1 Å². The number of benzene rings is 1. The Balaban J connectivity index is 2.35. The number of carbonyl (C=O) groups is 1. The van der Waals surface area contributed by atoms with Gasteiger partial charge in [0.05, 0.1) is 13.0 Å². The van der Waals surface area contributed by atoms with Crippen molar-refractivity contribution in [3.63, 3.8) is 0 Å². The second-order valence-corrected chi connectivity index (χ2v) is 4.01. The maximum atomic E-state index is 11.3. The first kappa shape index (κ1) is 13.5. The maximum Gasteiger partial charge on any atom is 0.223 e. The number of hydrogen-bond donors (Lipinski definition) is 2. The van der Waals surface area contributed by atoms with Crippen molar-refractivity contribution >= 4 is 5.91 Å². The van der Waals surface area contributed by atoms with Crippen LogP contribution in [0, 0.1) is 13.8 Å². The molecule has 94 valence electrons. The monoisotopic (exact) mass is 236 g/mol. The van der Waals surface area contributed by atoms with Crippen molar-refractivity contribution < 1.29 is 9.53 Å². The highest BCUT2D eigenvalue weighted by molar-refractivity contribution is 5.75. The molecule has 3 N–H and O–H groups in total. The van der Waals surface area contributed by atoms with Crippen LogP contribution in [0.4, 0.5) is 0 Å². The van der Waals surface area contributed by atoms with Gasteiger partial charge in [0.2, 0.25) is 5.91 Å². The number of rotatable bonds is 6. The van der Waals surface area contributed by atoms with Gasteiger partial charge in [0.25, 0.3) is 0 Å². The Morgan fingerprint density at radius 3 is 2.88 bits per heavy atom. The molecule has 0 aliphatic carbocycles. The molecular formula is C13H20N2O2. The Labute approximate surface area is 102 Å². The van der Waals surface area contributed by atoms with E-state index in [-0.39, 0.29) is 5.91 Å². The van der Waals surface area contributed by atoms with Crippen molar-refractivity contribution in [2.24, 2.45) is 5.73 Å². The number of aryl methyl sites for hydroxylation is 2. The molecule has 0 aromatic heterocycles. The molecule has 4 heteroatoms. The van der Waals surface area contributed by atoms with Crippen molar-refractivity contribution in [2.75, 3.05) is 19.7 Å². The summed E-state index contributed by atoms with van der Waals surface area (Å²) in [5, 5.41) is 2.70. The van der Waals surface area contributed by atoms with Crippen LogP contribution in [0.5, 0.6) is 5.75 Å². The fourth-order valence-corrected chi connectivity index (χ4v) is 1.42. The number of nitrogens with one attached hydrogen (secondary N) is 1. The molecule has 4 nitrogen and oxygen atoms in total. The van der Waals surface area contributed by atoms with Gasteiger partial charge in [-0.15, -0.1) is 0 Å². The Kier molecular flexibility index (Phi) is 5.49. The highest BCUT2D eigenvalue weighted by atomic mass is 16.5. The highest BCUT2D eigenvalue weighted by Gasteiger charge is 2.03. The van der Waals surface area contributed by atoms with Crippen LogP contribution in [0.1, 0.15) is 17.5 Å². The van der Waals surface area contributed by atoms with Crippen LogP contribution in [0.15, 0.2) is 18.2 Å². The molecule has 0 aliphatic rings. The predicted molar refractivity (Wildman–Crippen MR) is 68.1 cm³/mol. The molecule has 1 amide bonds. The molecular weight excluding hydrogens is 216 g/mol. The molecule has 1 aromatic rings. The third-order valence-electron chi connectivity index (χ3n) is 2.40. The lowest BCUT2D eigenvalue weighted by molar-refractivity contribution is -0.121. The molecule has 17 heavy (non-hydrogen) atoms. The summed E-state index contributed by atoms with van der Waals surface area (Å²) >= 11 is 0. The van der Waals surface area contributed by atoms with Gasteiger partial charge in [-0.25, -0.2) is 0 Å². The highest BCUT2D eigenvalue weighted by Crippen LogP contribution is 2.18. The van der Waals surface area contributed by atoms with Gasteiger partial charge >= 0.3 is 0 Å². The second kappa shape index (κ2) is 6.91. The van der Waals surface area contributed by atoms with Crippen molar-refractivity contribution in [1.82, 2.24) is 5.32 Å². The predicted octanol–water partition coefficient (Wildman–Crippen LogP) is 1.15. The number of nitrogens with two attached hydrogens (primary N) is 1. The van der Waals surface area contributed by atoms with Gasteiger partial charge in [0, 0.05) is 13.1 Å². The van der Waals surface area contributed by atoms with Crippen LogP contribution in [-0.4, -0.2) is 25.6 Å². The van der Waals surface area contributed by atoms with E-state index < -0.39 is 0 Å². The van der Waals surface area contributed by atoms with E-state index in [0.717, 1.165) is 16.9 Å². The van der Waals surface area contributed by atoms with E-state index in [4.69, 9.17) is 10.5 Å². The zero-order valence-electron chi connectivity index (χ0n) is 10.5.